The summed E-state index contributed by atoms with van der Waals surface area (Å²) in [6.45, 7) is 9.69. The molecule has 38 heavy (non-hydrogen) atoms. The number of aliphatic hydroxyl groups is 1. The fraction of sp³-hybridized carbons (Fsp3) is 0.387. The summed E-state index contributed by atoms with van der Waals surface area (Å²) >= 11 is 0. The summed E-state index contributed by atoms with van der Waals surface area (Å²) in [6, 6.07) is 19.2. The van der Waals surface area contributed by atoms with E-state index in [9.17, 15) is 19.5 Å². The number of allylic oxidation sites excluding steroid dienone is 2. The van der Waals surface area contributed by atoms with Crippen LogP contribution in [-0.4, -0.2) is 53.6 Å². The Morgan fingerprint density at radius 3 is 2.11 bits per heavy atom. The highest BCUT2D eigenvalue weighted by Crippen LogP contribution is 2.17. The molecule has 2 amide bonds. The Morgan fingerprint density at radius 2 is 1.53 bits per heavy atom. The van der Waals surface area contributed by atoms with Crippen LogP contribution in [0.2, 0.25) is 0 Å². The van der Waals surface area contributed by atoms with Gasteiger partial charge in [-0.25, -0.2) is 0 Å². The minimum atomic E-state index is -0.619. The fourth-order valence-electron chi connectivity index (χ4n) is 4.13. The first-order valence-electron chi connectivity index (χ1n) is 13.0. The largest absolute Gasteiger partial charge is 0.461 e. The van der Waals surface area contributed by atoms with Gasteiger partial charge in [0.2, 0.25) is 11.8 Å². The van der Waals surface area contributed by atoms with Gasteiger partial charge in [0, 0.05) is 19.5 Å². The molecule has 204 valence electrons. The zero-order chi connectivity index (χ0) is 27.8. The summed E-state index contributed by atoms with van der Waals surface area (Å²) in [5, 5.41) is 12.3. The molecule has 0 aliphatic heterocycles. The lowest BCUT2D eigenvalue weighted by Crippen LogP contribution is -2.40. The summed E-state index contributed by atoms with van der Waals surface area (Å²) in [5.41, 5.74) is 1.98. The van der Waals surface area contributed by atoms with Crippen molar-refractivity contribution in [3.8, 4) is 0 Å². The summed E-state index contributed by atoms with van der Waals surface area (Å²) < 4.78 is 5.62. The third-order valence-corrected chi connectivity index (χ3v) is 6.17. The average Bonchev–Trinajstić information content (AvgIpc) is 2.92. The van der Waals surface area contributed by atoms with Gasteiger partial charge in [-0.2, -0.15) is 0 Å². The van der Waals surface area contributed by atoms with Crippen LogP contribution >= 0.6 is 0 Å². The molecular formula is C31H40N2O5. The molecule has 0 bridgehead atoms. The molecule has 0 aliphatic carbocycles. The second kappa shape index (κ2) is 16.9. The molecule has 0 saturated carbocycles. The van der Waals surface area contributed by atoms with Crippen LogP contribution in [0.3, 0.4) is 0 Å². The van der Waals surface area contributed by atoms with Crippen molar-refractivity contribution >= 4 is 17.8 Å². The van der Waals surface area contributed by atoms with Crippen molar-refractivity contribution in [1.82, 2.24) is 10.2 Å². The van der Waals surface area contributed by atoms with Crippen LogP contribution < -0.4 is 5.32 Å². The highest BCUT2D eigenvalue weighted by Gasteiger charge is 2.26. The number of nitrogens with zero attached hydrogens (tertiary/aromatic N) is 1. The van der Waals surface area contributed by atoms with Crippen molar-refractivity contribution in [2.45, 2.75) is 45.3 Å². The van der Waals surface area contributed by atoms with E-state index in [0.29, 0.717) is 25.8 Å². The third-order valence-electron chi connectivity index (χ3n) is 6.17. The summed E-state index contributed by atoms with van der Waals surface area (Å²) in [4.78, 5) is 40.3. The lowest BCUT2D eigenvalue weighted by atomic mass is 9.96. The first-order chi connectivity index (χ1) is 18.4. The number of hydrogen-bond donors (Lipinski definition) is 2. The summed E-state index contributed by atoms with van der Waals surface area (Å²) in [5.74, 6) is -1.85. The van der Waals surface area contributed by atoms with E-state index < -0.39 is 12.0 Å². The van der Waals surface area contributed by atoms with E-state index in [4.69, 9.17) is 4.74 Å². The molecule has 0 aromatic heterocycles. The topological polar surface area (TPSA) is 95.9 Å². The van der Waals surface area contributed by atoms with Crippen LogP contribution in [0.15, 0.2) is 86.0 Å². The monoisotopic (exact) mass is 520 g/mol. The second-order valence-electron chi connectivity index (χ2n) is 9.35. The number of ether oxygens (including phenoxy) is 1. The molecule has 2 aromatic rings. The Kier molecular flexibility index (Phi) is 13.6. The van der Waals surface area contributed by atoms with Crippen molar-refractivity contribution in [3.63, 3.8) is 0 Å². The van der Waals surface area contributed by atoms with Gasteiger partial charge in [0.15, 0.2) is 0 Å². The maximum absolute atomic E-state index is 13.0. The normalized spacial score (nSPS) is 13.0. The zero-order valence-corrected chi connectivity index (χ0v) is 22.3. The Labute approximate surface area is 226 Å². The van der Waals surface area contributed by atoms with Crippen molar-refractivity contribution in [1.29, 1.82) is 0 Å². The second-order valence-corrected chi connectivity index (χ2v) is 9.35. The van der Waals surface area contributed by atoms with Gasteiger partial charge in [0.25, 0.3) is 0 Å². The molecule has 3 atom stereocenters. The van der Waals surface area contributed by atoms with Crippen LogP contribution in [0.25, 0.3) is 0 Å². The maximum Gasteiger partial charge on any atom is 0.309 e. The third kappa shape index (κ3) is 10.7. The van der Waals surface area contributed by atoms with Crippen molar-refractivity contribution in [3.05, 3.63) is 97.1 Å². The van der Waals surface area contributed by atoms with E-state index in [1.165, 1.54) is 0 Å². The number of amides is 2. The molecule has 7 nitrogen and oxygen atoms in total. The predicted molar refractivity (Wildman–Crippen MR) is 149 cm³/mol. The zero-order valence-electron chi connectivity index (χ0n) is 22.3. The molecule has 0 radical (unpaired) electrons. The minimum absolute atomic E-state index is 0.0165. The number of carbonyl (C=O) groups excluding carboxylic acids is 3. The first kappa shape index (κ1) is 30.5. The van der Waals surface area contributed by atoms with Gasteiger partial charge in [-0.05, 0) is 37.3 Å². The molecule has 7 heteroatoms. The van der Waals surface area contributed by atoms with Crippen molar-refractivity contribution in [2.75, 3.05) is 19.7 Å². The van der Waals surface area contributed by atoms with Gasteiger partial charge < -0.3 is 20.1 Å². The number of hydrogen-bond acceptors (Lipinski definition) is 5. The molecule has 0 unspecified atom stereocenters. The summed E-state index contributed by atoms with van der Waals surface area (Å²) in [6.07, 6.45) is 4.11. The number of nitrogens with one attached hydrogen (secondary N) is 1. The van der Waals surface area contributed by atoms with E-state index in [1.54, 1.807) is 24.0 Å². The van der Waals surface area contributed by atoms with Crippen LogP contribution in [0, 0.1) is 11.8 Å². The Bertz CT molecular complexity index is 1030. The molecule has 2 aromatic carbocycles. The molecule has 2 N–H and O–H groups in total. The average molecular weight is 521 g/mol. The first-order valence-corrected chi connectivity index (χ1v) is 13.0. The van der Waals surface area contributed by atoms with Crippen molar-refractivity contribution < 1.29 is 24.2 Å². The Morgan fingerprint density at radius 1 is 0.947 bits per heavy atom. The SMILES string of the molecule is C=CC[C@@H](CC(=O)N(CCO)Cc1ccccc1)C(=O)NC[C@H](C)OC(=O)[C@H](CC=C)Cc1ccccc1. The highest BCUT2D eigenvalue weighted by atomic mass is 16.5. The number of aliphatic hydroxyl groups excluding tert-OH is 1. The number of rotatable bonds is 17. The molecule has 0 aliphatic rings. The molecule has 0 saturated heterocycles. The Hall–Kier alpha value is -3.71. The van der Waals surface area contributed by atoms with Crippen molar-refractivity contribution in [2.24, 2.45) is 11.8 Å². The Balaban J connectivity index is 1.91. The van der Waals surface area contributed by atoms with Gasteiger partial charge in [-0.3, -0.25) is 14.4 Å². The van der Waals surface area contributed by atoms with Crippen LogP contribution in [-0.2, 0) is 32.1 Å². The lowest BCUT2D eigenvalue weighted by molar-refractivity contribution is -0.153. The molecule has 0 heterocycles. The smallest absolute Gasteiger partial charge is 0.309 e. The van der Waals surface area contributed by atoms with Gasteiger partial charge in [-0.15, -0.1) is 13.2 Å². The molecular weight excluding hydrogens is 480 g/mol. The van der Waals surface area contributed by atoms with Crippen LogP contribution in [0.5, 0.6) is 0 Å². The summed E-state index contributed by atoms with van der Waals surface area (Å²) in [7, 11) is 0. The quantitative estimate of drug-likeness (QED) is 0.242. The minimum Gasteiger partial charge on any atom is -0.461 e. The molecule has 0 fully saturated rings. The van der Waals surface area contributed by atoms with Crippen LogP contribution in [0.1, 0.15) is 37.3 Å². The standard InChI is InChI=1S/C31H40N2O5/c1-4-12-27(21-29(35)33(18-19-34)23-26-16-10-7-11-17-26)30(36)32-22-24(3)38-31(37)28(13-5-2)20-25-14-8-6-9-15-25/h4-11,14-17,24,27-28,34H,1-2,12-13,18-23H2,3H3,(H,32,36)/t24-,27-,28+/m0/s1. The molecule has 0 spiro atoms. The van der Waals surface area contributed by atoms with E-state index in [0.717, 1.165) is 11.1 Å². The highest BCUT2D eigenvalue weighted by molar-refractivity contribution is 5.86. The number of esters is 1. The van der Waals surface area contributed by atoms with Gasteiger partial charge >= 0.3 is 5.97 Å². The van der Waals surface area contributed by atoms with E-state index in [-0.39, 0.29) is 49.8 Å². The predicted octanol–water partition coefficient (Wildman–Crippen LogP) is 4.07. The number of benzene rings is 2. The van der Waals surface area contributed by atoms with Crippen LogP contribution in [0.4, 0.5) is 0 Å². The fourth-order valence-corrected chi connectivity index (χ4v) is 4.13. The maximum atomic E-state index is 13.0. The lowest BCUT2D eigenvalue weighted by Gasteiger charge is -2.25. The van der Waals surface area contributed by atoms with E-state index in [1.807, 2.05) is 60.7 Å². The molecule has 2 rings (SSSR count). The number of carbonyl (C=O) groups is 3. The van der Waals surface area contributed by atoms with E-state index >= 15 is 0 Å². The van der Waals surface area contributed by atoms with E-state index in [2.05, 4.69) is 18.5 Å². The van der Waals surface area contributed by atoms with Gasteiger partial charge in [0.1, 0.15) is 6.10 Å². The van der Waals surface area contributed by atoms with Gasteiger partial charge in [0.05, 0.1) is 25.0 Å². The van der Waals surface area contributed by atoms with Gasteiger partial charge in [-0.1, -0.05) is 72.8 Å².